The van der Waals surface area contributed by atoms with E-state index in [0.29, 0.717) is 0 Å². The molecule has 0 atom stereocenters. The number of ether oxygens (including phenoxy) is 1. The highest BCUT2D eigenvalue weighted by Gasteiger charge is 2.23. The summed E-state index contributed by atoms with van der Waals surface area (Å²) < 4.78 is 10.6. The molecular formula is C18H22O2S. The van der Waals surface area contributed by atoms with E-state index in [0.717, 1.165) is 11.5 Å². The maximum atomic E-state index is 5.69. The second-order valence-electron chi connectivity index (χ2n) is 5.93. The molecule has 0 aliphatic heterocycles. The predicted octanol–water partition coefficient (Wildman–Crippen LogP) is 5.02. The molecule has 0 saturated carbocycles. The summed E-state index contributed by atoms with van der Waals surface area (Å²) in [6.45, 7) is 8.48. The average Bonchev–Trinajstić information content (AvgIpc) is 2.47. The van der Waals surface area contributed by atoms with E-state index in [4.69, 9.17) is 8.92 Å². The first-order chi connectivity index (χ1) is 9.93. The van der Waals surface area contributed by atoms with Crippen molar-refractivity contribution in [3.05, 3.63) is 59.7 Å². The minimum absolute atomic E-state index is 0.0779. The molecule has 2 rings (SSSR count). The highest BCUT2D eigenvalue weighted by molar-refractivity contribution is 7.75. The molecule has 0 fully saturated rings. The van der Waals surface area contributed by atoms with Gasteiger partial charge in [0.05, 0.1) is 6.10 Å². The fraction of sp³-hybridized carbons (Fsp3) is 0.333. The maximum absolute atomic E-state index is 5.69. The lowest BCUT2D eigenvalue weighted by atomic mass is 9.78. The van der Waals surface area contributed by atoms with Crippen LogP contribution in [0.15, 0.2) is 48.5 Å². The van der Waals surface area contributed by atoms with Crippen LogP contribution < -0.4 is 8.92 Å². The summed E-state index contributed by atoms with van der Waals surface area (Å²) in [7, 11) is 0. The molecule has 3 heteroatoms. The van der Waals surface area contributed by atoms with Crippen molar-refractivity contribution in [2.45, 2.75) is 39.2 Å². The summed E-state index contributed by atoms with van der Waals surface area (Å²) in [5.41, 5.74) is 2.40. The van der Waals surface area contributed by atoms with Crippen LogP contribution in [0.4, 0.5) is 0 Å². The van der Waals surface area contributed by atoms with E-state index in [1.165, 1.54) is 11.1 Å². The Kier molecular flexibility index (Phi) is 4.84. The molecule has 0 N–H and O–H groups in total. The first-order valence-electron chi connectivity index (χ1n) is 7.12. The zero-order chi connectivity index (χ0) is 15.5. The normalized spacial score (nSPS) is 11.5. The smallest absolute Gasteiger partial charge is 0.137 e. The van der Waals surface area contributed by atoms with Gasteiger partial charge in [-0.1, -0.05) is 38.1 Å². The Balaban J connectivity index is 2.25. The molecular weight excluding hydrogens is 280 g/mol. The zero-order valence-corrected chi connectivity index (χ0v) is 13.9. The fourth-order valence-electron chi connectivity index (χ4n) is 2.32. The largest absolute Gasteiger partial charge is 0.491 e. The molecule has 0 saturated heterocycles. The van der Waals surface area contributed by atoms with E-state index in [9.17, 15) is 0 Å². The summed E-state index contributed by atoms with van der Waals surface area (Å²) in [5.74, 6) is 1.65. The second-order valence-corrected chi connectivity index (χ2v) is 6.11. The number of rotatable bonds is 5. The van der Waals surface area contributed by atoms with Crippen molar-refractivity contribution >= 4 is 12.9 Å². The lowest BCUT2D eigenvalue weighted by Crippen LogP contribution is -2.18. The van der Waals surface area contributed by atoms with Gasteiger partial charge in [0.1, 0.15) is 11.5 Å². The third kappa shape index (κ3) is 3.73. The van der Waals surface area contributed by atoms with Gasteiger partial charge in [-0.05, 0) is 49.2 Å². The Morgan fingerprint density at radius 1 is 0.810 bits per heavy atom. The van der Waals surface area contributed by atoms with Crippen molar-refractivity contribution in [2.24, 2.45) is 0 Å². The lowest BCUT2D eigenvalue weighted by molar-refractivity contribution is 0.242. The number of hydrogen-bond acceptors (Lipinski definition) is 3. The third-order valence-corrected chi connectivity index (χ3v) is 3.84. The Bertz CT molecular complexity index is 571. The quantitative estimate of drug-likeness (QED) is 0.617. The SMILES string of the molecule is CC(C)Oc1ccc(C(C)(C)c2ccc(OS)cc2)cc1. The average molecular weight is 302 g/mol. The van der Waals surface area contributed by atoms with Crippen LogP contribution in [0.3, 0.4) is 0 Å². The molecule has 21 heavy (non-hydrogen) atoms. The lowest BCUT2D eigenvalue weighted by Gasteiger charge is -2.26. The molecule has 0 heterocycles. The summed E-state index contributed by atoms with van der Waals surface area (Å²) >= 11 is 3.81. The zero-order valence-electron chi connectivity index (χ0n) is 13.0. The van der Waals surface area contributed by atoms with Crippen molar-refractivity contribution in [3.8, 4) is 11.5 Å². The second kappa shape index (κ2) is 6.44. The standard InChI is InChI=1S/C18H22O2S/c1-13(2)19-16-9-5-14(6-10-16)18(3,4)15-7-11-17(20-21)12-8-15/h5-13,21H,1-4H3. The first-order valence-corrected chi connectivity index (χ1v) is 7.49. The molecule has 0 spiro atoms. The number of thiol groups is 1. The highest BCUT2D eigenvalue weighted by atomic mass is 32.1. The van der Waals surface area contributed by atoms with Gasteiger partial charge in [0.15, 0.2) is 0 Å². The topological polar surface area (TPSA) is 18.5 Å². The molecule has 0 aliphatic carbocycles. The van der Waals surface area contributed by atoms with Gasteiger partial charge in [-0.2, -0.15) is 0 Å². The minimum Gasteiger partial charge on any atom is -0.491 e. The van der Waals surface area contributed by atoms with Crippen LogP contribution >= 0.6 is 12.9 Å². The van der Waals surface area contributed by atoms with Gasteiger partial charge in [0, 0.05) is 18.3 Å². The summed E-state index contributed by atoms with van der Waals surface area (Å²) in [4.78, 5) is 0. The monoisotopic (exact) mass is 302 g/mol. The van der Waals surface area contributed by atoms with E-state index < -0.39 is 0 Å². The van der Waals surface area contributed by atoms with Gasteiger partial charge >= 0.3 is 0 Å². The molecule has 112 valence electrons. The van der Waals surface area contributed by atoms with E-state index in [1.807, 2.05) is 38.1 Å². The molecule has 2 aromatic rings. The molecule has 0 amide bonds. The van der Waals surface area contributed by atoms with Gasteiger partial charge in [-0.25, -0.2) is 0 Å². The van der Waals surface area contributed by atoms with Crippen LogP contribution in [0.1, 0.15) is 38.8 Å². The Morgan fingerprint density at radius 2 is 1.24 bits per heavy atom. The van der Waals surface area contributed by atoms with Crippen LogP contribution in [-0.2, 0) is 5.41 Å². The summed E-state index contributed by atoms with van der Waals surface area (Å²) in [6, 6.07) is 16.3. The highest BCUT2D eigenvalue weighted by Crippen LogP contribution is 2.33. The maximum Gasteiger partial charge on any atom is 0.137 e. The van der Waals surface area contributed by atoms with Gasteiger partial charge in [0.25, 0.3) is 0 Å². The Morgan fingerprint density at radius 3 is 1.62 bits per heavy atom. The van der Waals surface area contributed by atoms with Crippen molar-refractivity contribution in [1.29, 1.82) is 0 Å². The third-order valence-electron chi connectivity index (χ3n) is 3.63. The molecule has 2 aromatic carbocycles. The number of hydrogen-bond donors (Lipinski definition) is 1. The summed E-state index contributed by atoms with van der Waals surface area (Å²) in [5, 5.41) is 0. The molecule has 0 radical (unpaired) electrons. The Labute approximate surface area is 132 Å². The van der Waals surface area contributed by atoms with E-state index in [2.05, 4.69) is 51.0 Å². The van der Waals surface area contributed by atoms with Crippen LogP contribution in [0, 0.1) is 0 Å². The predicted molar refractivity (Wildman–Crippen MR) is 90.4 cm³/mol. The minimum atomic E-state index is -0.0779. The van der Waals surface area contributed by atoms with Crippen molar-refractivity contribution in [3.63, 3.8) is 0 Å². The summed E-state index contributed by atoms with van der Waals surface area (Å²) in [6.07, 6.45) is 0.192. The van der Waals surface area contributed by atoms with E-state index in [1.54, 1.807) is 0 Å². The molecule has 0 aromatic heterocycles. The molecule has 0 unspecified atom stereocenters. The van der Waals surface area contributed by atoms with Crippen molar-refractivity contribution in [1.82, 2.24) is 0 Å². The van der Waals surface area contributed by atoms with Crippen LogP contribution in [0.5, 0.6) is 11.5 Å². The van der Waals surface area contributed by atoms with Crippen LogP contribution in [0.2, 0.25) is 0 Å². The fourth-order valence-corrected chi connectivity index (χ4v) is 2.44. The molecule has 2 nitrogen and oxygen atoms in total. The molecule has 0 bridgehead atoms. The first kappa shape index (κ1) is 15.8. The van der Waals surface area contributed by atoms with Gasteiger partial charge in [0.2, 0.25) is 0 Å². The Hall–Kier alpha value is -1.61. The van der Waals surface area contributed by atoms with E-state index >= 15 is 0 Å². The van der Waals surface area contributed by atoms with Crippen molar-refractivity contribution < 1.29 is 8.92 Å². The molecule has 0 aliphatic rings. The van der Waals surface area contributed by atoms with Crippen molar-refractivity contribution in [2.75, 3.05) is 0 Å². The van der Waals surface area contributed by atoms with Gasteiger partial charge < -0.3 is 8.92 Å². The number of benzene rings is 2. The van der Waals surface area contributed by atoms with Gasteiger partial charge in [-0.3, -0.25) is 0 Å². The van der Waals surface area contributed by atoms with Gasteiger partial charge in [-0.15, -0.1) is 0 Å². The van der Waals surface area contributed by atoms with Crippen LogP contribution in [0.25, 0.3) is 0 Å². The van der Waals surface area contributed by atoms with E-state index in [-0.39, 0.29) is 11.5 Å². The van der Waals surface area contributed by atoms with Crippen LogP contribution in [-0.4, -0.2) is 6.10 Å².